The van der Waals surface area contributed by atoms with Crippen molar-refractivity contribution in [1.29, 1.82) is 0 Å². The zero-order chi connectivity index (χ0) is 22.7. The second-order valence-electron chi connectivity index (χ2n) is 6.47. The number of carbonyl (C=O) groups is 1. The first kappa shape index (κ1) is 21.6. The Bertz CT molecular complexity index is 1240. The van der Waals surface area contributed by atoms with Crippen LogP contribution >= 0.6 is 11.8 Å². The number of furan rings is 1. The molecule has 0 radical (unpaired) electrons. The largest absolute Gasteiger partial charge is 0.463 e. The van der Waals surface area contributed by atoms with Crippen molar-refractivity contribution in [2.75, 3.05) is 7.11 Å². The summed E-state index contributed by atoms with van der Waals surface area (Å²) in [5.41, 5.74) is 0.116. The van der Waals surface area contributed by atoms with E-state index in [1.807, 2.05) is 0 Å². The average molecular weight is 460 g/mol. The molecule has 4 rings (SSSR count). The summed E-state index contributed by atoms with van der Waals surface area (Å²) < 4.78 is 51.5. The number of methoxy groups -OCH3 is 1. The zero-order valence-corrected chi connectivity index (χ0v) is 17.4. The highest BCUT2D eigenvalue weighted by Crippen LogP contribution is 2.34. The van der Waals surface area contributed by atoms with E-state index in [2.05, 4.69) is 19.9 Å². The molecule has 0 aliphatic heterocycles. The minimum absolute atomic E-state index is 0.0555. The van der Waals surface area contributed by atoms with Gasteiger partial charge in [-0.2, -0.15) is 13.2 Å². The van der Waals surface area contributed by atoms with E-state index in [0.717, 1.165) is 12.1 Å². The average Bonchev–Trinajstić information content (AvgIpc) is 3.44. The van der Waals surface area contributed by atoms with Gasteiger partial charge in [-0.15, -0.1) is 10.2 Å². The van der Waals surface area contributed by atoms with Gasteiger partial charge >= 0.3 is 12.1 Å². The number of benzene rings is 1. The number of alkyl halides is 3. The van der Waals surface area contributed by atoms with Crippen molar-refractivity contribution in [3.63, 3.8) is 0 Å². The molecule has 0 spiro atoms. The lowest BCUT2D eigenvalue weighted by Crippen LogP contribution is -2.07. The van der Waals surface area contributed by atoms with E-state index in [4.69, 9.17) is 4.42 Å². The molecule has 3 aromatic heterocycles. The molecule has 0 aliphatic carbocycles. The molecule has 7 nitrogen and oxygen atoms in total. The lowest BCUT2D eigenvalue weighted by Gasteiger charge is -2.13. The molecule has 0 saturated heterocycles. The van der Waals surface area contributed by atoms with Gasteiger partial charge in [0.2, 0.25) is 5.76 Å². The molecule has 0 aliphatic rings. The van der Waals surface area contributed by atoms with Crippen LogP contribution in [0.2, 0.25) is 0 Å². The maximum atomic E-state index is 13.3. The SMILES string of the molecule is COC(=O)c1ccc(CSc2nnc(-c3ccncc3)n2-c2cccc(C(F)(F)F)c2)o1. The van der Waals surface area contributed by atoms with E-state index >= 15 is 0 Å². The highest BCUT2D eigenvalue weighted by molar-refractivity contribution is 7.98. The summed E-state index contributed by atoms with van der Waals surface area (Å²) >= 11 is 1.20. The molecule has 0 unspecified atom stereocenters. The van der Waals surface area contributed by atoms with Crippen LogP contribution in [0.15, 0.2) is 70.5 Å². The first-order chi connectivity index (χ1) is 15.4. The van der Waals surface area contributed by atoms with Gasteiger partial charge in [0.15, 0.2) is 11.0 Å². The van der Waals surface area contributed by atoms with Crippen LogP contribution in [-0.4, -0.2) is 32.8 Å². The molecule has 164 valence electrons. The molecule has 0 saturated carbocycles. The molecule has 0 atom stereocenters. The van der Waals surface area contributed by atoms with Crippen molar-refractivity contribution in [3.05, 3.63) is 78.0 Å². The van der Waals surface area contributed by atoms with Gasteiger partial charge in [0.25, 0.3) is 0 Å². The van der Waals surface area contributed by atoms with Crippen molar-refractivity contribution < 1.29 is 27.1 Å². The molecular formula is C21H15F3N4O3S. The number of halogens is 3. The predicted molar refractivity (Wildman–Crippen MR) is 109 cm³/mol. The van der Waals surface area contributed by atoms with Crippen LogP contribution in [-0.2, 0) is 16.7 Å². The molecule has 0 amide bonds. The maximum absolute atomic E-state index is 13.3. The topological polar surface area (TPSA) is 83.0 Å². The van der Waals surface area contributed by atoms with Gasteiger partial charge in [-0.3, -0.25) is 9.55 Å². The van der Waals surface area contributed by atoms with E-state index in [1.54, 1.807) is 41.2 Å². The fraction of sp³-hybridized carbons (Fsp3) is 0.143. The Morgan fingerprint density at radius 1 is 1.12 bits per heavy atom. The summed E-state index contributed by atoms with van der Waals surface area (Å²) in [6.07, 6.45) is -1.37. The second-order valence-corrected chi connectivity index (χ2v) is 7.41. The Labute approximate surface area is 184 Å². The van der Waals surface area contributed by atoms with Crippen molar-refractivity contribution in [2.45, 2.75) is 17.1 Å². The lowest BCUT2D eigenvalue weighted by atomic mass is 10.2. The number of ether oxygens (including phenoxy) is 1. The van der Waals surface area contributed by atoms with Crippen molar-refractivity contribution in [2.24, 2.45) is 0 Å². The van der Waals surface area contributed by atoms with Crippen molar-refractivity contribution in [3.8, 4) is 17.1 Å². The second kappa shape index (κ2) is 8.87. The third kappa shape index (κ3) is 4.52. The molecule has 0 fully saturated rings. The highest BCUT2D eigenvalue weighted by atomic mass is 32.2. The summed E-state index contributed by atoms with van der Waals surface area (Å²) in [4.78, 5) is 15.5. The van der Waals surface area contributed by atoms with Gasteiger partial charge < -0.3 is 9.15 Å². The summed E-state index contributed by atoms with van der Waals surface area (Å²) in [6, 6.07) is 11.4. The van der Waals surface area contributed by atoms with Crippen LogP contribution in [0.4, 0.5) is 13.2 Å². The molecule has 1 aromatic carbocycles. The molecule has 0 bridgehead atoms. The van der Waals surface area contributed by atoms with E-state index in [1.165, 1.54) is 31.0 Å². The molecule has 3 heterocycles. The van der Waals surface area contributed by atoms with E-state index in [-0.39, 0.29) is 17.2 Å². The minimum Gasteiger partial charge on any atom is -0.463 e. The third-order valence-corrected chi connectivity index (χ3v) is 5.35. The fourth-order valence-electron chi connectivity index (χ4n) is 2.91. The Hall–Kier alpha value is -3.60. The molecular weight excluding hydrogens is 445 g/mol. The number of hydrogen-bond donors (Lipinski definition) is 0. The minimum atomic E-state index is -4.49. The fourth-order valence-corrected chi connectivity index (χ4v) is 3.75. The smallest absolute Gasteiger partial charge is 0.416 e. The van der Waals surface area contributed by atoms with Crippen LogP contribution in [0.5, 0.6) is 0 Å². The number of hydrogen-bond acceptors (Lipinski definition) is 7. The number of carbonyl (C=O) groups excluding carboxylic acids is 1. The number of thioether (sulfide) groups is 1. The van der Waals surface area contributed by atoms with Gasteiger partial charge in [0, 0.05) is 18.0 Å². The van der Waals surface area contributed by atoms with Crippen molar-refractivity contribution in [1.82, 2.24) is 19.7 Å². The quantitative estimate of drug-likeness (QED) is 0.295. The molecule has 0 N–H and O–H groups in total. The summed E-state index contributed by atoms with van der Waals surface area (Å²) in [6.45, 7) is 0. The summed E-state index contributed by atoms with van der Waals surface area (Å²) in [5, 5.41) is 8.72. The number of esters is 1. The van der Waals surface area contributed by atoms with Gasteiger partial charge in [-0.05, 0) is 42.5 Å². The molecule has 4 aromatic rings. The molecule has 32 heavy (non-hydrogen) atoms. The highest BCUT2D eigenvalue weighted by Gasteiger charge is 2.31. The normalized spacial score (nSPS) is 11.5. The van der Waals surface area contributed by atoms with Crippen molar-refractivity contribution >= 4 is 17.7 Å². The number of pyridine rings is 1. The third-order valence-electron chi connectivity index (χ3n) is 4.40. The molecule has 11 heteroatoms. The van der Waals surface area contributed by atoms with E-state index in [0.29, 0.717) is 22.3 Å². The number of nitrogens with zero attached hydrogens (tertiary/aromatic N) is 4. The monoisotopic (exact) mass is 460 g/mol. The maximum Gasteiger partial charge on any atom is 0.416 e. The van der Waals surface area contributed by atoms with Gasteiger partial charge in [-0.25, -0.2) is 4.79 Å². The number of rotatable bonds is 6. The Balaban J connectivity index is 1.71. The van der Waals surface area contributed by atoms with Crippen LogP contribution in [0.25, 0.3) is 17.1 Å². The van der Waals surface area contributed by atoms with Crippen LogP contribution in [0, 0.1) is 0 Å². The number of aromatic nitrogens is 4. The zero-order valence-electron chi connectivity index (χ0n) is 16.5. The van der Waals surface area contributed by atoms with Gasteiger partial charge in [0.05, 0.1) is 24.1 Å². The standard InChI is InChI=1S/C21H15F3N4O3S/c1-30-19(29)17-6-5-16(31-17)12-32-20-27-26-18(13-7-9-25-10-8-13)28(20)15-4-2-3-14(11-15)21(22,23)24/h2-11H,12H2,1H3. The van der Waals surface area contributed by atoms with Crippen LogP contribution < -0.4 is 0 Å². The predicted octanol–water partition coefficient (Wildman–Crippen LogP) is 5.02. The Morgan fingerprint density at radius 3 is 2.62 bits per heavy atom. The van der Waals surface area contributed by atoms with Gasteiger partial charge in [-0.1, -0.05) is 17.8 Å². The van der Waals surface area contributed by atoms with E-state index < -0.39 is 17.7 Å². The van der Waals surface area contributed by atoms with Crippen LogP contribution in [0.1, 0.15) is 21.9 Å². The Morgan fingerprint density at radius 2 is 1.91 bits per heavy atom. The van der Waals surface area contributed by atoms with Crippen LogP contribution in [0.3, 0.4) is 0 Å². The summed E-state index contributed by atoms with van der Waals surface area (Å²) in [7, 11) is 1.25. The summed E-state index contributed by atoms with van der Waals surface area (Å²) in [5.74, 6) is 0.557. The lowest BCUT2D eigenvalue weighted by molar-refractivity contribution is -0.137. The van der Waals surface area contributed by atoms with Gasteiger partial charge in [0.1, 0.15) is 5.76 Å². The van der Waals surface area contributed by atoms with E-state index in [9.17, 15) is 18.0 Å². The Kier molecular flexibility index (Phi) is 5.99. The first-order valence-electron chi connectivity index (χ1n) is 9.20. The first-order valence-corrected chi connectivity index (χ1v) is 10.2.